The Morgan fingerprint density at radius 3 is 2.26 bits per heavy atom. The van der Waals surface area contributed by atoms with Crippen molar-refractivity contribution in [2.24, 2.45) is 0 Å². The molecule has 0 spiro atoms. The van der Waals surface area contributed by atoms with Crippen LogP contribution in [-0.2, 0) is 9.84 Å². The molecule has 1 aromatic carbocycles. The summed E-state index contributed by atoms with van der Waals surface area (Å²) in [6, 6.07) is 5.34. The first kappa shape index (κ1) is 16.2. The Hall–Kier alpha value is -0.870. The van der Waals surface area contributed by atoms with Gasteiger partial charge in [-0.15, -0.1) is 0 Å². The zero-order chi connectivity index (χ0) is 14.7. The Kier molecular flexibility index (Phi) is 5.16. The molecule has 3 nitrogen and oxygen atoms in total. The van der Waals surface area contributed by atoms with Crippen LogP contribution in [-0.4, -0.2) is 26.3 Å². The molecule has 0 saturated heterocycles. The second kappa shape index (κ2) is 6.06. The van der Waals surface area contributed by atoms with Crippen LogP contribution in [0.1, 0.15) is 38.3 Å². The smallest absolute Gasteiger partial charge is 0.178 e. The minimum Gasteiger partial charge on any atom is -0.312 e. The highest BCUT2D eigenvalue weighted by atomic mass is 32.2. The molecule has 0 aromatic heterocycles. The molecule has 1 N–H and O–H groups in total. The first-order valence-corrected chi connectivity index (χ1v) is 8.32. The summed E-state index contributed by atoms with van der Waals surface area (Å²) in [5.74, 6) is 0.193. The molecule has 0 radical (unpaired) electrons. The fourth-order valence-electron chi connectivity index (χ4n) is 1.75. The third-order valence-corrected chi connectivity index (χ3v) is 4.88. The lowest BCUT2D eigenvalue weighted by molar-refractivity contribution is 0.426. The second-order valence-electron chi connectivity index (χ2n) is 6.10. The van der Waals surface area contributed by atoms with Crippen LogP contribution < -0.4 is 5.32 Å². The lowest BCUT2D eigenvalue weighted by Gasteiger charge is -2.20. The Morgan fingerprint density at radius 1 is 1.11 bits per heavy atom. The van der Waals surface area contributed by atoms with Crippen LogP contribution in [0.15, 0.2) is 23.1 Å². The summed E-state index contributed by atoms with van der Waals surface area (Å²) in [6.45, 7) is 10.9. The summed E-state index contributed by atoms with van der Waals surface area (Å²) in [5, 5.41) is 3.30. The summed E-state index contributed by atoms with van der Waals surface area (Å²) >= 11 is 0. The monoisotopic (exact) mass is 283 g/mol. The number of hydrogen-bond donors (Lipinski definition) is 1. The molecule has 0 saturated carbocycles. The minimum absolute atomic E-state index is 0.0320. The topological polar surface area (TPSA) is 46.2 Å². The van der Waals surface area contributed by atoms with Crippen LogP contribution in [0.4, 0.5) is 0 Å². The average molecular weight is 283 g/mol. The predicted octanol–water partition coefficient (Wildman–Crippen LogP) is 2.86. The lowest BCUT2D eigenvalue weighted by Crippen LogP contribution is -2.36. The van der Waals surface area contributed by atoms with Gasteiger partial charge >= 0.3 is 0 Å². The van der Waals surface area contributed by atoms with Gasteiger partial charge in [-0.3, -0.25) is 0 Å². The third-order valence-electron chi connectivity index (χ3n) is 3.08. The normalized spacial score (nSPS) is 12.7. The first-order valence-electron chi connectivity index (χ1n) is 6.67. The fourth-order valence-corrected chi connectivity index (χ4v) is 3.14. The van der Waals surface area contributed by atoms with Gasteiger partial charge in [0, 0.05) is 5.54 Å². The van der Waals surface area contributed by atoms with Gasteiger partial charge in [0.25, 0.3) is 0 Å². The molecular weight excluding hydrogens is 258 g/mol. The van der Waals surface area contributed by atoms with E-state index in [1.54, 1.807) is 12.1 Å². The summed E-state index contributed by atoms with van der Waals surface area (Å²) in [7, 11) is -3.16. The zero-order valence-corrected chi connectivity index (χ0v) is 13.4. The van der Waals surface area contributed by atoms with Gasteiger partial charge in [-0.2, -0.15) is 0 Å². The van der Waals surface area contributed by atoms with E-state index in [9.17, 15) is 8.42 Å². The van der Waals surface area contributed by atoms with Crippen molar-refractivity contribution >= 4 is 9.84 Å². The van der Waals surface area contributed by atoms with E-state index in [1.165, 1.54) is 0 Å². The molecular formula is C15H25NO2S. The Bertz CT molecular complexity index is 528. The summed E-state index contributed by atoms with van der Waals surface area (Å²) in [6.07, 6.45) is 0.631. The van der Waals surface area contributed by atoms with E-state index < -0.39 is 9.84 Å². The van der Waals surface area contributed by atoms with E-state index in [0.717, 1.165) is 11.1 Å². The molecule has 19 heavy (non-hydrogen) atoms. The van der Waals surface area contributed by atoms with Crippen molar-refractivity contribution in [3.8, 4) is 0 Å². The molecule has 0 unspecified atom stereocenters. The maximum Gasteiger partial charge on any atom is 0.178 e. The van der Waals surface area contributed by atoms with E-state index in [-0.39, 0.29) is 11.3 Å². The molecule has 0 aliphatic rings. The van der Waals surface area contributed by atoms with Crippen LogP contribution in [0.2, 0.25) is 0 Å². The van der Waals surface area contributed by atoms with Crippen LogP contribution in [0.3, 0.4) is 0 Å². The number of nitrogens with one attached hydrogen (secondary N) is 1. The highest BCUT2D eigenvalue weighted by Gasteiger charge is 2.15. The zero-order valence-electron chi connectivity index (χ0n) is 12.6. The first-order chi connectivity index (χ1) is 8.62. The van der Waals surface area contributed by atoms with Crippen LogP contribution in [0.25, 0.3) is 0 Å². The van der Waals surface area contributed by atoms with Gasteiger partial charge < -0.3 is 5.32 Å². The Labute approximate surface area is 117 Å². The summed E-state index contributed by atoms with van der Waals surface area (Å²) in [5.41, 5.74) is 2.17. The molecule has 1 rings (SSSR count). The van der Waals surface area contributed by atoms with Crippen LogP contribution in [0, 0.1) is 13.8 Å². The van der Waals surface area contributed by atoms with Crippen molar-refractivity contribution in [1.82, 2.24) is 5.32 Å². The Balaban J connectivity index is 2.63. The van der Waals surface area contributed by atoms with Gasteiger partial charge in [-0.1, -0.05) is 6.07 Å². The molecule has 108 valence electrons. The number of aryl methyl sites for hydroxylation is 2. The lowest BCUT2D eigenvalue weighted by atomic mass is 10.1. The van der Waals surface area contributed by atoms with E-state index >= 15 is 0 Å². The maximum absolute atomic E-state index is 12.2. The average Bonchev–Trinajstić information content (AvgIpc) is 2.27. The maximum atomic E-state index is 12.2. The van der Waals surface area contributed by atoms with Gasteiger partial charge in [0.15, 0.2) is 9.84 Å². The standard InChI is InChI=1S/C15H25NO2S/c1-12-7-8-14(11-13(12)2)19(17,18)10-6-9-16-15(3,4)5/h7-8,11,16H,6,9-10H2,1-5H3. The molecule has 1 aromatic rings. The largest absolute Gasteiger partial charge is 0.312 e. The Morgan fingerprint density at radius 2 is 1.74 bits per heavy atom. The van der Waals surface area contributed by atoms with Gasteiger partial charge in [0.05, 0.1) is 10.6 Å². The van der Waals surface area contributed by atoms with Gasteiger partial charge in [0.1, 0.15) is 0 Å². The van der Waals surface area contributed by atoms with Gasteiger partial charge in [0.2, 0.25) is 0 Å². The molecule has 0 heterocycles. The predicted molar refractivity (Wildman–Crippen MR) is 80.3 cm³/mol. The molecule has 0 fully saturated rings. The quantitative estimate of drug-likeness (QED) is 0.845. The molecule has 0 bridgehead atoms. The molecule has 0 atom stereocenters. The van der Waals surface area contributed by atoms with Gasteiger partial charge in [-0.05, 0) is 70.8 Å². The van der Waals surface area contributed by atoms with Crippen molar-refractivity contribution in [2.45, 2.75) is 51.5 Å². The van der Waals surface area contributed by atoms with E-state index in [0.29, 0.717) is 17.9 Å². The van der Waals surface area contributed by atoms with Crippen molar-refractivity contribution in [2.75, 3.05) is 12.3 Å². The SMILES string of the molecule is Cc1ccc(S(=O)(=O)CCCNC(C)(C)C)cc1C. The molecule has 0 amide bonds. The molecule has 4 heteroatoms. The molecule has 0 aliphatic carbocycles. The van der Waals surface area contributed by atoms with Crippen molar-refractivity contribution in [1.29, 1.82) is 0 Å². The highest BCUT2D eigenvalue weighted by Crippen LogP contribution is 2.16. The minimum atomic E-state index is -3.16. The third kappa shape index (κ3) is 5.33. The number of hydrogen-bond acceptors (Lipinski definition) is 3. The number of sulfone groups is 1. The number of benzene rings is 1. The van der Waals surface area contributed by atoms with E-state index in [2.05, 4.69) is 26.1 Å². The van der Waals surface area contributed by atoms with Crippen LogP contribution in [0.5, 0.6) is 0 Å². The number of rotatable bonds is 5. The van der Waals surface area contributed by atoms with Crippen molar-refractivity contribution in [3.63, 3.8) is 0 Å². The highest BCUT2D eigenvalue weighted by molar-refractivity contribution is 7.91. The van der Waals surface area contributed by atoms with Crippen LogP contribution >= 0.6 is 0 Å². The van der Waals surface area contributed by atoms with Crippen molar-refractivity contribution < 1.29 is 8.42 Å². The van der Waals surface area contributed by atoms with Crippen molar-refractivity contribution in [3.05, 3.63) is 29.3 Å². The van der Waals surface area contributed by atoms with E-state index in [4.69, 9.17) is 0 Å². The fraction of sp³-hybridized carbons (Fsp3) is 0.600. The molecule has 0 aliphatic heterocycles. The summed E-state index contributed by atoms with van der Waals surface area (Å²) in [4.78, 5) is 0.436. The summed E-state index contributed by atoms with van der Waals surface area (Å²) < 4.78 is 24.4. The van der Waals surface area contributed by atoms with E-state index in [1.807, 2.05) is 19.9 Å². The van der Waals surface area contributed by atoms with Gasteiger partial charge in [-0.25, -0.2) is 8.42 Å². The second-order valence-corrected chi connectivity index (χ2v) is 8.20.